The van der Waals surface area contributed by atoms with Gasteiger partial charge in [-0.3, -0.25) is 4.79 Å². The number of ether oxygens (including phenoxy) is 2. The first-order valence-corrected chi connectivity index (χ1v) is 6.43. The molecule has 0 bridgehead atoms. The first-order valence-electron chi connectivity index (χ1n) is 6.43. The van der Waals surface area contributed by atoms with Crippen molar-refractivity contribution >= 4 is 17.7 Å². The molecule has 0 aliphatic carbocycles. The fourth-order valence-electron chi connectivity index (χ4n) is 1.74. The Morgan fingerprint density at radius 3 is 2.27 bits per heavy atom. The van der Waals surface area contributed by atoms with Crippen molar-refractivity contribution in [3.63, 3.8) is 0 Å². The topological polar surface area (TPSA) is 108 Å². The fraction of sp³-hybridized carbons (Fsp3) is 0.0625. The summed E-state index contributed by atoms with van der Waals surface area (Å²) in [5.74, 6) is 0.539. The molecule has 5 N–H and O–H groups in total. The molecule has 0 radical (unpaired) electrons. The Bertz CT molecular complexity index is 726. The van der Waals surface area contributed by atoms with Crippen molar-refractivity contribution in [3.8, 4) is 17.2 Å². The molecule has 6 heteroatoms. The lowest BCUT2D eigenvalue weighted by molar-refractivity contribution is 0.112. The largest absolute Gasteiger partial charge is 0.507 e. The Morgan fingerprint density at radius 2 is 1.64 bits per heavy atom. The summed E-state index contributed by atoms with van der Waals surface area (Å²) in [6, 6.07) is 7.99. The molecule has 0 aliphatic heterocycles. The predicted molar refractivity (Wildman–Crippen MR) is 83.9 cm³/mol. The van der Waals surface area contributed by atoms with Crippen LogP contribution in [0.3, 0.4) is 0 Å². The number of nitrogens with two attached hydrogens (primary N) is 2. The Hall–Kier alpha value is -3.15. The Kier molecular flexibility index (Phi) is 4.53. The first kappa shape index (κ1) is 15.2. The molecule has 6 nitrogen and oxygen atoms in total. The van der Waals surface area contributed by atoms with Crippen LogP contribution < -0.4 is 20.9 Å². The van der Waals surface area contributed by atoms with Crippen molar-refractivity contribution in [2.75, 3.05) is 11.5 Å². The van der Waals surface area contributed by atoms with Crippen LogP contribution in [0.1, 0.15) is 15.9 Å². The summed E-state index contributed by atoms with van der Waals surface area (Å²) < 4.78 is 10.7. The zero-order valence-corrected chi connectivity index (χ0v) is 11.9. The molecule has 0 heterocycles. The van der Waals surface area contributed by atoms with Gasteiger partial charge in [0.05, 0.1) is 16.9 Å². The van der Waals surface area contributed by atoms with Gasteiger partial charge in [-0.25, -0.2) is 0 Å². The van der Waals surface area contributed by atoms with Crippen LogP contribution in [0.2, 0.25) is 0 Å². The number of nitrogen functional groups attached to an aromatic ring is 2. The van der Waals surface area contributed by atoms with Gasteiger partial charge in [0.1, 0.15) is 24.0 Å². The number of hydrogen-bond acceptors (Lipinski definition) is 6. The maximum Gasteiger partial charge on any atom is 0.153 e. The predicted octanol–water partition coefficient (Wildman–Crippen LogP) is 2.61. The molecule has 0 amide bonds. The highest BCUT2D eigenvalue weighted by Crippen LogP contribution is 2.29. The number of aldehydes is 1. The second kappa shape index (κ2) is 6.53. The van der Waals surface area contributed by atoms with E-state index in [-0.39, 0.29) is 22.7 Å². The average Bonchev–Trinajstić information content (AvgIpc) is 2.48. The number of anilines is 2. The number of aromatic hydroxyl groups is 1. The van der Waals surface area contributed by atoms with E-state index in [4.69, 9.17) is 20.9 Å². The van der Waals surface area contributed by atoms with Crippen molar-refractivity contribution in [2.24, 2.45) is 0 Å². The summed E-state index contributed by atoms with van der Waals surface area (Å²) in [6.45, 7) is 1.92. The minimum Gasteiger partial charge on any atom is -0.507 e. The fourth-order valence-corrected chi connectivity index (χ4v) is 1.74. The highest BCUT2D eigenvalue weighted by Gasteiger charge is 2.07. The zero-order chi connectivity index (χ0) is 16.1. The normalized spacial score (nSPS) is 10.6. The van der Waals surface area contributed by atoms with Gasteiger partial charge in [0.2, 0.25) is 0 Å². The van der Waals surface area contributed by atoms with Gasteiger partial charge in [-0.1, -0.05) is 6.07 Å². The van der Waals surface area contributed by atoms with Crippen LogP contribution in [0.15, 0.2) is 42.9 Å². The number of rotatable bonds is 5. The van der Waals surface area contributed by atoms with E-state index in [2.05, 4.69) is 0 Å². The van der Waals surface area contributed by atoms with Crippen LogP contribution >= 0.6 is 0 Å². The standard InChI is InChI=1S/C16H16N2O4/c1-10-2-3-12(17)15(6-10)21-4-5-22-16-7-11(9-19)14(20)8-13(16)18/h2-9,20H,17-18H2,1H3. The van der Waals surface area contributed by atoms with Crippen LogP contribution in [0.5, 0.6) is 17.2 Å². The number of benzene rings is 2. The van der Waals surface area contributed by atoms with Crippen LogP contribution in [-0.4, -0.2) is 11.4 Å². The average molecular weight is 300 g/mol. The third kappa shape index (κ3) is 3.49. The minimum absolute atomic E-state index is 0.0847. The second-order valence-electron chi connectivity index (χ2n) is 4.62. The molecule has 0 fully saturated rings. The smallest absolute Gasteiger partial charge is 0.153 e. The first-order chi connectivity index (χ1) is 10.5. The quantitative estimate of drug-likeness (QED) is 0.445. The van der Waals surface area contributed by atoms with E-state index in [1.54, 1.807) is 12.1 Å². The van der Waals surface area contributed by atoms with E-state index in [0.717, 1.165) is 5.56 Å². The molecule has 0 aliphatic rings. The molecule has 0 aromatic heterocycles. The Morgan fingerprint density at radius 1 is 1.00 bits per heavy atom. The number of carbonyl (C=O) groups excluding carboxylic acids is 1. The molecule has 114 valence electrons. The minimum atomic E-state index is -0.201. The lowest BCUT2D eigenvalue weighted by Crippen LogP contribution is -1.95. The van der Waals surface area contributed by atoms with Crippen molar-refractivity contribution < 1.29 is 19.4 Å². The van der Waals surface area contributed by atoms with Crippen LogP contribution in [0.4, 0.5) is 11.4 Å². The van der Waals surface area contributed by atoms with E-state index in [1.165, 1.54) is 24.7 Å². The summed E-state index contributed by atoms with van der Waals surface area (Å²) in [5, 5.41) is 9.47. The molecule has 0 atom stereocenters. The molecule has 0 unspecified atom stereocenters. The van der Waals surface area contributed by atoms with Gasteiger partial charge < -0.3 is 26.0 Å². The number of hydrogen-bond donors (Lipinski definition) is 3. The number of phenolic OH excluding ortho intramolecular Hbond substituents is 1. The molecule has 2 aromatic rings. The van der Waals surface area contributed by atoms with Crippen LogP contribution in [-0.2, 0) is 0 Å². The van der Waals surface area contributed by atoms with E-state index in [0.29, 0.717) is 17.7 Å². The molecular formula is C16H16N2O4. The van der Waals surface area contributed by atoms with E-state index in [1.807, 2.05) is 13.0 Å². The molecule has 0 saturated carbocycles. The molecule has 2 rings (SSSR count). The van der Waals surface area contributed by atoms with Gasteiger partial charge in [-0.2, -0.15) is 0 Å². The maximum atomic E-state index is 10.8. The van der Waals surface area contributed by atoms with Crippen LogP contribution in [0, 0.1) is 6.92 Å². The van der Waals surface area contributed by atoms with Gasteiger partial charge in [-0.15, -0.1) is 0 Å². The molecule has 22 heavy (non-hydrogen) atoms. The monoisotopic (exact) mass is 300 g/mol. The highest BCUT2D eigenvalue weighted by molar-refractivity contribution is 5.82. The van der Waals surface area contributed by atoms with E-state index >= 15 is 0 Å². The maximum absolute atomic E-state index is 10.8. The third-order valence-corrected chi connectivity index (χ3v) is 2.90. The molecular weight excluding hydrogens is 284 g/mol. The lowest BCUT2D eigenvalue weighted by atomic mass is 10.2. The van der Waals surface area contributed by atoms with Crippen molar-refractivity contribution in [3.05, 3.63) is 54.0 Å². The molecule has 0 spiro atoms. The summed E-state index contributed by atoms with van der Waals surface area (Å²) in [6.07, 6.45) is 3.08. The number of aryl methyl sites for hydroxylation is 1. The van der Waals surface area contributed by atoms with Gasteiger partial charge in [0, 0.05) is 6.07 Å². The second-order valence-corrected chi connectivity index (χ2v) is 4.62. The van der Waals surface area contributed by atoms with Gasteiger partial charge in [0.25, 0.3) is 0 Å². The number of carbonyl (C=O) groups is 1. The summed E-state index contributed by atoms with van der Waals surface area (Å²) >= 11 is 0. The van der Waals surface area contributed by atoms with Crippen molar-refractivity contribution in [2.45, 2.75) is 6.92 Å². The highest BCUT2D eigenvalue weighted by atomic mass is 16.5. The van der Waals surface area contributed by atoms with Crippen molar-refractivity contribution in [1.29, 1.82) is 0 Å². The Labute approximate surface area is 127 Å². The van der Waals surface area contributed by atoms with Crippen LogP contribution in [0.25, 0.3) is 0 Å². The zero-order valence-electron chi connectivity index (χ0n) is 11.9. The van der Waals surface area contributed by atoms with Crippen molar-refractivity contribution in [1.82, 2.24) is 0 Å². The van der Waals surface area contributed by atoms with Gasteiger partial charge in [0.15, 0.2) is 12.0 Å². The van der Waals surface area contributed by atoms with E-state index in [9.17, 15) is 9.90 Å². The SMILES string of the molecule is Cc1ccc(N)c(OC=COc2cc(C=O)c(O)cc2N)c1. The molecule has 2 aromatic carbocycles. The summed E-state index contributed by atoms with van der Waals surface area (Å²) in [7, 11) is 0. The van der Waals surface area contributed by atoms with Gasteiger partial charge in [-0.05, 0) is 30.7 Å². The lowest BCUT2D eigenvalue weighted by Gasteiger charge is -2.07. The number of phenols is 1. The third-order valence-electron chi connectivity index (χ3n) is 2.90. The Balaban J connectivity index is 2.07. The molecule has 0 saturated heterocycles. The summed E-state index contributed by atoms with van der Waals surface area (Å²) in [5.41, 5.74) is 13.3. The van der Waals surface area contributed by atoms with E-state index < -0.39 is 0 Å². The van der Waals surface area contributed by atoms with Gasteiger partial charge >= 0.3 is 0 Å². The summed E-state index contributed by atoms with van der Waals surface area (Å²) in [4.78, 5) is 10.8.